The molecule has 0 radical (unpaired) electrons. The van der Waals surface area contributed by atoms with Gasteiger partial charge in [0.05, 0.1) is 35.4 Å². The molecule has 0 aliphatic carbocycles. The molecule has 10 heteroatoms. The zero-order valence-corrected chi connectivity index (χ0v) is 12.9. The van der Waals surface area contributed by atoms with Crippen molar-refractivity contribution in [3.63, 3.8) is 0 Å². The third-order valence-corrected chi connectivity index (χ3v) is 4.24. The highest BCUT2D eigenvalue weighted by Gasteiger charge is 2.18. The fourth-order valence-corrected chi connectivity index (χ4v) is 2.78. The Kier molecular flexibility index (Phi) is 3.71. The molecule has 0 fully saturated rings. The first-order valence-corrected chi connectivity index (χ1v) is 7.65. The zero-order valence-electron chi connectivity index (χ0n) is 11.3. The average molecular weight is 321 g/mol. The molecular formula is C11H11N7OS2. The summed E-state index contributed by atoms with van der Waals surface area (Å²) in [6.07, 6.45) is 1.63. The van der Waals surface area contributed by atoms with Crippen molar-refractivity contribution in [1.82, 2.24) is 28.7 Å². The Morgan fingerprint density at radius 1 is 1.38 bits per heavy atom. The van der Waals surface area contributed by atoms with Gasteiger partial charge in [0, 0.05) is 11.6 Å². The molecule has 3 heterocycles. The fraction of sp³-hybridized carbons (Fsp3) is 0.273. The minimum Gasteiger partial charge on any atom is -0.296 e. The number of hydrogen-bond donors (Lipinski definition) is 1. The molecule has 0 atom stereocenters. The largest absolute Gasteiger partial charge is 0.296 e. The molecule has 0 aromatic carbocycles. The Labute approximate surface area is 128 Å². The number of rotatable bonds is 4. The smallest absolute Gasteiger partial charge is 0.279 e. The number of hydrogen-bond acceptors (Lipinski definition) is 8. The van der Waals surface area contributed by atoms with Gasteiger partial charge < -0.3 is 0 Å². The lowest BCUT2D eigenvalue weighted by Gasteiger charge is -2.02. The second-order valence-corrected chi connectivity index (χ2v) is 5.69. The van der Waals surface area contributed by atoms with Gasteiger partial charge in [-0.2, -0.15) is 8.75 Å². The maximum Gasteiger partial charge on any atom is 0.279 e. The lowest BCUT2D eigenvalue weighted by molar-refractivity contribution is 0.102. The molecule has 0 unspecified atom stereocenters. The summed E-state index contributed by atoms with van der Waals surface area (Å²) in [5.41, 5.74) is 2.66. The van der Waals surface area contributed by atoms with Crippen LogP contribution in [0.1, 0.15) is 27.6 Å². The van der Waals surface area contributed by atoms with Crippen LogP contribution in [0.3, 0.4) is 0 Å². The first kappa shape index (κ1) is 13.8. The van der Waals surface area contributed by atoms with E-state index in [0.717, 1.165) is 23.1 Å². The Balaban J connectivity index is 1.79. The fourth-order valence-electron chi connectivity index (χ4n) is 1.70. The molecule has 3 rings (SSSR count). The van der Waals surface area contributed by atoms with Crippen LogP contribution in [0.15, 0.2) is 11.6 Å². The van der Waals surface area contributed by atoms with Gasteiger partial charge in [-0.15, -0.1) is 16.4 Å². The molecule has 3 aromatic rings. The Bertz CT molecular complexity index is 761. The van der Waals surface area contributed by atoms with Gasteiger partial charge in [-0.25, -0.2) is 9.67 Å². The van der Waals surface area contributed by atoms with E-state index in [-0.39, 0.29) is 11.6 Å². The van der Waals surface area contributed by atoms with Crippen LogP contribution in [0, 0.1) is 13.8 Å². The van der Waals surface area contributed by atoms with Crippen molar-refractivity contribution >= 4 is 34.1 Å². The normalized spacial score (nSPS) is 10.8. The summed E-state index contributed by atoms with van der Waals surface area (Å²) in [5, 5.41) is 13.0. The maximum absolute atomic E-state index is 12.1. The maximum atomic E-state index is 12.1. The van der Waals surface area contributed by atoms with Crippen LogP contribution in [0.4, 0.5) is 5.13 Å². The van der Waals surface area contributed by atoms with E-state index < -0.39 is 0 Å². The van der Waals surface area contributed by atoms with Crippen molar-refractivity contribution in [1.29, 1.82) is 0 Å². The van der Waals surface area contributed by atoms with Gasteiger partial charge in [0.25, 0.3) is 5.91 Å². The summed E-state index contributed by atoms with van der Waals surface area (Å²) < 4.78 is 9.96. The molecule has 8 nitrogen and oxygen atoms in total. The van der Waals surface area contributed by atoms with Crippen LogP contribution < -0.4 is 5.32 Å². The summed E-state index contributed by atoms with van der Waals surface area (Å²) in [4.78, 5) is 16.1. The molecular weight excluding hydrogens is 310 g/mol. The number of aromatic nitrogens is 6. The van der Waals surface area contributed by atoms with E-state index in [1.165, 1.54) is 11.3 Å². The molecule has 3 aromatic heterocycles. The summed E-state index contributed by atoms with van der Waals surface area (Å²) in [6.45, 7) is 4.14. The van der Waals surface area contributed by atoms with Crippen molar-refractivity contribution in [2.24, 2.45) is 0 Å². The molecule has 0 bridgehead atoms. The minimum absolute atomic E-state index is 0.283. The molecule has 1 N–H and O–H groups in total. The van der Waals surface area contributed by atoms with Gasteiger partial charge in [-0.05, 0) is 13.8 Å². The van der Waals surface area contributed by atoms with Crippen LogP contribution >= 0.6 is 23.1 Å². The number of carbonyl (C=O) groups excluding carboxylic acids is 1. The van der Waals surface area contributed by atoms with Gasteiger partial charge in [0.1, 0.15) is 0 Å². The van der Waals surface area contributed by atoms with Crippen molar-refractivity contribution < 1.29 is 4.79 Å². The van der Waals surface area contributed by atoms with E-state index in [9.17, 15) is 4.79 Å². The third-order valence-electron chi connectivity index (χ3n) is 2.90. The second-order valence-electron chi connectivity index (χ2n) is 4.27. The summed E-state index contributed by atoms with van der Waals surface area (Å²) >= 11 is 2.51. The van der Waals surface area contributed by atoms with Crippen molar-refractivity contribution in [3.8, 4) is 0 Å². The minimum atomic E-state index is -0.318. The van der Waals surface area contributed by atoms with Crippen LogP contribution in [-0.4, -0.2) is 34.6 Å². The highest BCUT2D eigenvalue weighted by molar-refractivity contribution is 7.13. The highest BCUT2D eigenvalue weighted by Crippen LogP contribution is 2.14. The molecule has 0 aliphatic heterocycles. The van der Waals surface area contributed by atoms with Crippen molar-refractivity contribution in [2.45, 2.75) is 20.4 Å². The van der Waals surface area contributed by atoms with Crippen LogP contribution in [0.25, 0.3) is 0 Å². The molecule has 0 spiro atoms. The van der Waals surface area contributed by atoms with E-state index in [1.807, 2.05) is 6.92 Å². The second kappa shape index (κ2) is 5.66. The molecule has 1 amide bonds. The Hall–Kier alpha value is -2.20. The number of nitrogens with zero attached hydrogens (tertiary/aromatic N) is 6. The number of anilines is 1. The molecule has 108 valence electrons. The van der Waals surface area contributed by atoms with Gasteiger partial charge in [-0.3, -0.25) is 10.1 Å². The summed E-state index contributed by atoms with van der Waals surface area (Å²) in [7, 11) is 0. The quantitative estimate of drug-likeness (QED) is 0.782. The Morgan fingerprint density at radius 3 is 2.90 bits per heavy atom. The highest BCUT2D eigenvalue weighted by atomic mass is 32.1. The zero-order chi connectivity index (χ0) is 14.8. The molecule has 21 heavy (non-hydrogen) atoms. The predicted molar refractivity (Wildman–Crippen MR) is 78.6 cm³/mol. The lowest BCUT2D eigenvalue weighted by atomic mass is 10.3. The van der Waals surface area contributed by atoms with Gasteiger partial charge >= 0.3 is 0 Å². The topological polar surface area (TPSA) is 98.5 Å². The standard InChI is InChI=1S/C11H11N7OS2/c1-6-8(16-21-15-6)5-18-7(2)9(14-17-18)10(19)13-11-12-3-4-20-11/h3-4H,5H2,1-2H3,(H,12,13,19). The number of thiazole rings is 1. The van der Waals surface area contributed by atoms with Crippen LogP contribution in [0.2, 0.25) is 0 Å². The van der Waals surface area contributed by atoms with E-state index in [1.54, 1.807) is 23.2 Å². The Morgan fingerprint density at radius 2 is 2.24 bits per heavy atom. The molecule has 0 saturated carbocycles. The van der Waals surface area contributed by atoms with Gasteiger partial charge in [0.15, 0.2) is 10.8 Å². The van der Waals surface area contributed by atoms with E-state index in [2.05, 4.69) is 29.4 Å². The van der Waals surface area contributed by atoms with Crippen molar-refractivity contribution in [2.75, 3.05) is 5.32 Å². The third kappa shape index (κ3) is 2.81. The van der Waals surface area contributed by atoms with Crippen LogP contribution in [0.5, 0.6) is 0 Å². The predicted octanol–water partition coefficient (Wildman–Crippen LogP) is 1.50. The number of nitrogens with one attached hydrogen (secondary N) is 1. The van der Waals surface area contributed by atoms with Gasteiger partial charge in [-0.1, -0.05) is 5.21 Å². The van der Waals surface area contributed by atoms with Crippen molar-refractivity contribution in [3.05, 3.63) is 34.4 Å². The number of aryl methyl sites for hydroxylation is 1. The monoisotopic (exact) mass is 321 g/mol. The average Bonchev–Trinajstić information content (AvgIpc) is 3.16. The van der Waals surface area contributed by atoms with Gasteiger partial charge in [0.2, 0.25) is 0 Å². The van der Waals surface area contributed by atoms with Crippen LogP contribution in [-0.2, 0) is 6.54 Å². The SMILES string of the molecule is Cc1nsnc1Cn1nnc(C(=O)Nc2nccs2)c1C. The summed E-state index contributed by atoms with van der Waals surface area (Å²) in [5.74, 6) is -0.318. The first-order valence-electron chi connectivity index (χ1n) is 6.04. The molecule has 0 saturated heterocycles. The lowest BCUT2D eigenvalue weighted by Crippen LogP contribution is -2.14. The van der Waals surface area contributed by atoms with E-state index in [0.29, 0.717) is 17.4 Å². The molecule has 0 aliphatic rings. The van der Waals surface area contributed by atoms with E-state index in [4.69, 9.17) is 0 Å². The first-order chi connectivity index (χ1) is 10.1. The number of carbonyl (C=O) groups is 1. The summed E-state index contributed by atoms with van der Waals surface area (Å²) in [6, 6.07) is 0. The number of amides is 1. The van der Waals surface area contributed by atoms with E-state index >= 15 is 0 Å².